The molecule has 0 bridgehead atoms. The number of carbonyl (C=O) groups is 3. The normalized spacial score (nSPS) is 16.2. The third kappa shape index (κ3) is 3.88. The molecule has 28 heavy (non-hydrogen) atoms. The number of fused-ring (bicyclic) bond motifs is 1. The van der Waals surface area contributed by atoms with Crippen LogP contribution < -0.4 is 10.9 Å². The molecule has 1 aliphatic carbocycles. The van der Waals surface area contributed by atoms with Gasteiger partial charge in [-0.2, -0.15) is 0 Å². The number of Topliss-reactive ketones (excluding diaryl/α,β-unsaturated/α-hetero) is 1. The van der Waals surface area contributed by atoms with E-state index in [0.717, 1.165) is 0 Å². The molecule has 1 amide bonds. The van der Waals surface area contributed by atoms with Crippen LogP contribution in [-0.4, -0.2) is 27.8 Å². The van der Waals surface area contributed by atoms with Crippen LogP contribution in [0.4, 0.5) is 5.69 Å². The predicted octanol–water partition coefficient (Wildman–Crippen LogP) is 2.97. The van der Waals surface area contributed by atoms with E-state index in [0.29, 0.717) is 35.3 Å². The minimum absolute atomic E-state index is 0.103. The van der Waals surface area contributed by atoms with Gasteiger partial charge in [0.2, 0.25) is 0 Å². The van der Waals surface area contributed by atoms with E-state index in [4.69, 9.17) is 5.11 Å². The van der Waals surface area contributed by atoms with Crippen molar-refractivity contribution in [3.63, 3.8) is 0 Å². The predicted molar refractivity (Wildman–Crippen MR) is 104 cm³/mol. The van der Waals surface area contributed by atoms with Gasteiger partial charge < -0.3 is 15.4 Å². The summed E-state index contributed by atoms with van der Waals surface area (Å²) < 4.78 is 0. The van der Waals surface area contributed by atoms with Crippen LogP contribution in [0.2, 0.25) is 0 Å². The van der Waals surface area contributed by atoms with Crippen molar-refractivity contribution in [1.82, 2.24) is 4.98 Å². The highest BCUT2D eigenvalue weighted by Crippen LogP contribution is 2.33. The molecular weight excluding hydrogens is 360 g/mol. The van der Waals surface area contributed by atoms with Crippen LogP contribution in [0.25, 0.3) is 0 Å². The number of carbonyl (C=O) groups excluding carboxylic acids is 2. The molecule has 3 rings (SSSR count). The zero-order valence-electron chi connectivity index (χ0n) is 16.0. The molecule has 7 heteroatoms. The number of aromatic nitrogens is 1. The highest BCUT2D eigenvalue weighted by molar-refractivity contribution is 6.06. The number of anilines is 1. The quantitative estimate of drug-likeness (QED) is 0.752. The number of H-pyrrole nitrogens is 1. The summed E-state index contributed by atoms with van der Waals surface area (Å²) in [5.41, 5.74) is 0.887. The fraction of sp³-hybridized carbons (Fsp3) is 0.333. The van der Waals surface area contributed by atoms with Crippen molar-refractivity contribution < 1.29 is 19.5 Å². The summed E-state index contributed by atoms with van der Waals surface area (Å²) in [6.45, 7) is 5.46. The third-order valence-corrected chi connectivity index (χ3v) is 4.98. The number of ketones is 1. The molecule has 0 radical (unpaired) electrons. The Balaban J connectivity index is 1.89. The van der Waals surface area contributed by atoms with Gasteiger partial charge in [0.05, 0.1) is 5.92 Å². The smallest absolute Gasteiger partial charge is 0.310 e. The number of carboxylic acid groups (broad SMARTS) is 1. The Morgan fingerprint density at radius 3 is 2.57 bits per heavy atom. The average Bonchev–Trinajstić information content (AvgIpc) is 2.59. The van der Waals surface area contributed by atoms with Gasteiger partial charge in [-0.25, -0.2) is 0 Å². The first-order valence-corrected chi connectivity index (χ1v) is 9.01. The van der Waals surface area contributed by atoms with E-state index in [1.807, 2.05) is 13.8 Å². The number of aromatic amines is 1. The van der Waals surface area contributed by atoms with Gasteiger partial charge in [-0.15, -0.1) is 0 Å². The van der Waals surface area contributed by atoms with E-state index >= 15 is 0 Å². The lowest BCUT2D eigenvalue weighted by Gasteiger charge is -2.29. The molecule has 2 aromatic rings. The third-order valence-electron chi connectivity index (χ3n) is 4.98. The van der Waals surface area contributed by atoms with Crippen molar-refractivity contribution in [3.05, 3.63) is 63.1 Å². The summed E-state index contributed by atoms with van der Waals surface area (Å²) in [7, 11) is 0. The summed E-state index contributed by atoms with van der Waals surface area (Å²) >= 11 is 0. The van der Waals surface area contributed by atoms with Crippen LogP contribution >= 0.6 is 0 Å². The molecule has 1 aromatic heterocycles. The van der Waals surface area contributed by atoms with Crippen molar-refractivity contribution in [2.24, 2.45) is 5.41 Å². The van der Waals surface area contributed by atoms with Gasteiger partial charge in [-0.3, -0.25) is 19.2 Å². The number of amides is 1. The zero-order valence-corrected chi connectivity index (χ0v) is 16.0. The molecule has 1 aromatic carbocycles. The second-order valence-electron chi connectivity index (χ2n) is 7.98. The van der Waals surface area contributed by atoms with E-state index in [2.05, 4.69) is 10.3 Å². The van der Waals surface area contributed by atoms with E-state index in [1.165, 1.54) is 6.07 Å². The first kappa shape index (κ1) is 19.5. The molecule has 0 aliphatic heterocycles. The number of pyridine rings is 1. The van der Waals surface area contributed by atoms with E-state index < -0.39 is 23.4 Å². The molecular formula is C21H22N2O5. The standard InChI is InChI=1S/C21H22N2O5/c1-11(20(27)28)12-5-4-6-13(7-12)22-18(25)15-8-14-16(23-19(15)26)9-21(2,3)10-17(14)24/h4-8,11H,9-10H2,1-3H3,(H,22,25)(H,23,26)(H,27,28). The average molecular weight is 382 g/mol. The Bertz CT molecular complexity index is 1040. The van der Waals surface area contributed by atoms with Crippen molar-refractivity contribution in [3.8, 4) is 0 Å². The Morgan fingerprint density at radius 2 is 1.89 bits per heavy atom. The van der Waals surface area contributed by atoms with E-state index in [-0.39, 0.29) is 16.8 Å². The van der Waals surface area contributed by atoms with Gasteiger partial charge in [0.25, 0.3) is 11.5 Å². The van der Waals surface area contributed by atoms with Gasteiger partial charge >= 0.3 is 5.97 Å². The van der Waals surface area contributed by atoms with Crippen molar-refractivity contribution in [2.45, 2.75) is 39.5 Å². The summed E-state index contributed by atoms with van der Waals surface area (Å²) in [6, 6.07) is 7.80. The molecule has 7 nitrogen and oxygen atoms in total. The highest BCUT2D eigenvalue weighted by atomic mass is 16.4. The molecule has 0 saturated carbocycles. The molecule has 1 aliphatic rings. The van der Waals surface area contributed by atoms with Gasteiger partial charge in [-0.05, 0) is 42.5 Å². The maximum Gasteiger partial charge on any atom is 0.310 e. The Hall–Kier alpha value is -3.22. The molecule has 0 spiro atoms. The number of nitrogens with one attached hydrogen (secondary N) is 2. The molecule has 1 atom stereocenters. The van der Waals surface area contributed by atoms with E-state index in [1.54, 1.807) is 31.2 Å². The van der Waals surface area contributed by atoms with Crippen molar-refractivity contribution in [1.29, 1.82) is 0 Å². The van der Waals surface area contributed by atoms with Gasteiger partial charge in [0.1, 0.15) is 5.56 Å². The number of rotatable bonds is 4. The van der Waals surface area contributed by atoms with Gasteiger partial charge in [0, 0.05) is 23.4 Å². The monoisotopic (exact) mass is 382 g/mol. The van der Waals surface area contributed by atoms with Gasteiger partial charge in [-0.1, -0.05) is 26.0 Å². The fourth-order valence-corrected chi connectivity index (χ4v) is 3.42. The first-order chi connectivity index (χ1) is 13.1. The number of aliphatic carboxylic acids is 1. The summed E-state index contributed by atoms with van der Waals surface area (Å²) in [4.78, 5) is 51.3. The lowest BCUT2D eigenvalue weighted by molar-refractivity contribution is -0.138. The molecule has 0 fully saturated rings. The minimum atomic E-state index is -0.976. The van der Waals surface area contributed by atoms with Crippen LogP contribution in [0, 0.1) is 5.41 Å². The summed E-state index contributed by atoms with van der Waals surface area (Å²) in [5, 5.41) is 11.7. The Morgan fingerprint density at radius 1 is 1.18 bits per heavy atom. The molecule has 1 unspecified atom stereocenters. The fourth-order valence-electron chi connectivity index (χ4n) is 3.42. The lowest BCUT2D eigenvalue weighted by atomic mass is 9.75. The highest BCUT2D eigenvalue weighted by Gasteiger charge is 2.32. The topological polar surface area (TPSA) is 116 Å². The number of hydrogen-bond donors (Lipinski definition) is 3. The second kappa shape index (κ2) is 7.07. The maximum absolute atomic E-state index is 12.6. The largest absolute Gasteiger partial charge is 0.481 e. The summed E-state index contributed by atoms with van der Waals surface area (Å²) in [5.74, 6) is -2.46. The van der Waals surface area contributed by atoms with Crippen LogP contribution in [0.5, 0.6) is 0 Å². The van der Waals surface area contributed by atoms with Crippen molar-refractivity contribution in [2.75, 3.05) is 5.32 Å². The van der Waals surface area contributed by atoms with Crippen LogP contribution in [-0.2, 0) is 11.2 Å². The first-order valence-electron chi connectivity index (χ1n) is 9.01. The molecule has 146 valence electrons. The molecule has 1 heterocycles. The van der Waals surface area contributed by atoms with Crippen molar-refractivity contribution >= 4 is 23.3 Å². The van der Waals surface area contributed by atoms with Crippen LogP contribution in [0.1, 0.15) is 65.1 Å². The van der Waals surface area contributed by atoms with E-state index in [9.17, 15) is 19.2 Å². The van der Waals surface area contributed by atoms with Crippen LogP contribution in [0.3, 0.4) is 0 Å². The number of carboxylic acids is 1. The Kier molecular flexibility index (Phi) is 4.93. The van der Waals surface area contributed by atoms with Crippen LogP contribution in [0.15, 0.2) is 35.1 Å². The lowest BCUT2D eigenvalue weighted by Crippen LogP contribution is -2.32. The zero-order chi connectivity index (χ0) is 20.6. The Labute approximate surface area is 161 Å². The number of hydrogen-bond acceptors (Lipinski definition) is 4. The maximum atomic E-state index is 12.6. The molecule has 0 saturated heterocycles. The molecule has 3 N–H and O–H groups in total. The second-order valence-corrected chi connectivity index (χ2v) is 7.98. The summed E-state index contributed by atoms with van der Waals surface area (Å²) in [6.07, 6.45) is 0.905. The number of benzene rings is 1. The SMILES string of the molecule is CC(C(=O)O)c1cccc(NC(=O)c2cc3c([nH]c2=O)CC(C)(C)CC3=O)c1. The minimum Gasteiger partial charge on any atom is -0.481 e. The van der Waals surface area contributed by atoms with Gasteiger partial charge in [0.15, 0.2) is 5.78 Å².